The number of aliphatic hydroxyl groups excluding tert-OH is 1. The molecule has 0 aliphatic carbocycles. The zero-order chi connectivity index (χ0) is 32.9. The predicted octanol–water partition coefficient (Wildman–Crippen LogP) is 5.70. The van der Waals surface area contributed by atoms with Crippen LogP contribution in [0.3, 0.4) is 0 Å². The molecule has 0 radical (unpaired) electrons. The molecule has 0 saturated carbocycles. The van der Waals surface area contributed by atoms with Gasteiger partial charge in [-0.2, -0.15) is 0 Å². The number of benzene rings is 1. The van der Waals surface area contributed by atoms with Crippen LogP contribution in [0.2, 0.25) is 0 Å². The number of likely N-dealkylation sites (tertiary alicyclic amines) is 1. The Labute approximate surface area is 274 Å². The fourth-order valence-corrected chi connectivity index (χ4v) is 10.2. The minimum atomic E-state index is -0.754. The number of nitrogens with zero attached hydrogens (tertiary/aromatic N) is 3. The Morgan fingerprint density at radius 1 is 1.11 bits per heavy atom. The van der Waals surface area contributed by atoms with E-state index in [4.69, 9.17) is 4.74 Å². The summed E-state index contributed by atoms with van der Waals surface area (Å²) in [6, 6.07) is 6.18. The van der Waals surface area contributed by atoms with Crippen molar-refractivity contribution in [3.63, 3.8) is 0 Å². The van der Waals surface area contributed by atoms with Crippen LogP contribution in [0, 0.1) is 17.8 Å². The quantitative estimate of drug-likeness (QED) is 0.174. The number of fused-ring (bicyclic) bond motifs is 1. The number of hydrogen-bond acceptors (Lipinski definition) is 6. The van der Waals surface area contributed by atoms with E-state index in [2.05, 4.69) is 40.9 Å². The third kappa shape index (κ3) is 6.57. The fraction of sp³-hybridized carbons (Fsp3) is 0.639. The molecule has 45 heavy (non-hydrogen) atoms. The van der Waals surface area contributed by atoms with Crippen molar-refractivity contribution in [1.29, 1.82) is 0 Å². The summed E-state index contributed by atoms with van der Waals surface area (Å²) in [4.78, 5) is 49.5. The maximum Gasteiger partial charge on any atom is 0.247 e. The lowest BCUT2D eigenvalue weighted by atomic mass is 9.66. The second-order valence-electron chi connectivity index (χ2n) is 13.4. The number of carbonyl (C=O) groups is 3. The van der Waals surface area contributed by atoms with Gasteiger partial charge in [0.15, 0.2) is 0 Å². The average molecular weight is 640 g/mol. The highest BCUT2D eigenvalue weighted by Crippen LogP contribution is 2.72. The number of unbranched alkanes of at least 4 members (excludes halogenated alkanes) is 2. The molecule has 248 valence electrons. The van der Waals surface area contributed by atoms with Gasteiger partial charge in [0.2, 0.25) is 17.7 Å². The molecule has 3 heterocycles. The highest BCUT2D eigenvalue weighted by molar-refractivity contribution is 8.02. The minimum Gasteiger partial charge on any atom is -0.494 e. The van der Waals surface area contributed by atoms with Gasteiger partial charge in [0.1, 0.15) is 11.8 Å². The van der Waals surface area contributed by atoms with Crippen LogP contribution in [0.5, 0.6) is 5.75 Å². The monoisotopic (exact) mass is 639 g/mol. The van der Waals surface area contributed by atoms with E-state index in [0.29, 0.717) is 44.8 Å². The second-order valence-corrected chi connectivity index (χ2v) is 15.3. The molecule has 1 spiro atoms. The van der Waals surface area contributed by atoms with Gasteiger partial charge >= 0.3 is 0 Å². The molecule has 0 aromatic heterocycles. The summed E-state index contributed by atoms with van der Waals surface area (Å²) in [5, 5.41) is 10.7. The third-order valence-corrected chi connectivity index (χ3v) is 11.8. The van der Waals surface area contributed by atoms with Crippen LogP contribution >= 0.6 is 11.8 Å². The van der Waals surface area contributed by atoms with Crippen molar-refractivity contribution in [3.8, 4) is 5.75 Å². The van der Waals surface area contributed by atoms with Crippen LogP contribution in [0.4, 0.5) is 5.69 Å². The highest BCUT2D eigenvalue weighted by Gasteiger charge is 2.78. The number of rotatable bonds is 17. The van der Waals surface area contributed by atoms with Crippen LogP contribution in [0.1, 0.15) is 73.1 Å². The van der Waals surface area contributed by atoms with Crippen molar-refractivity contribution >= 4 is 35.2 Å². The van der Waals surface area contributed by atoms with Gasteiger partial charge in [-0.3, -0.25) is 14.4 Å². The first-order chi connectivity index (χ1) is 21.5. The zero-order valence-corrected chi connectivity index (χ0v) is 28.7. The van der Waals surface area contributed by atoms with E-state index in [-0.39, 0.29) is 30.2 Å². The summed E-state index contributed by atoms with van der Waals surface area (Å²) >= 11 is 1.67. The zero-order valence-electron chi connectivity index (χ0n) is 27.9. The molecule has 8 nitrogen and oxygen atoms in total. The number of carbonyl (C=O) groups excluding carboxylic acids is 3. The van der Waals surface area contributed by atoms with Gasteiger partial charge < -0.3 is 24.5 Å². The van der Waals surface area contributed by atoms with Crippen molar-refractivity contribution < 1.29 is 24.2 Å². The number of hydrogen-bond donors (Lipinski definition) is 1. The lowest BCUT2D eigenvalue weighted by molar-refractivity contribution is -0.146. The van der Waals surface area contributed by atoms with E-state index in [1.807, 2.05) is 36.1 Å². The molecule has 6 atom stereocenters. The molecule has 3 aliphatic rings. The molecule has 3 saturated heterocycles. The molecular weight excluding hydrogens is 586 g/mol. The van der Waals surface area contributed by atoms with E-state index in [1.165, 1.54) is 0 Å². The van der Waals surface area contributed by atoms with E-state index >= 15 is 0 Å². The Hall–Kier alpha value is -2.78. The Bertz CT molecular complexity index is 1240. The highest BCUT2D eigenvalue weighted by atomic mass is 32.2. The van der Waals surface area contributed by atoms with Gasteiger partial charge in [-0.15, -0.1) is 24.9 Å². The predicted molar refractivity (Wildman–Crippen MR) is 182 cm³/mol. The SMILES string of the molecule is C=CCN(CCCCC)C(=O)C1N([C@@H](CO)CC(C)C)C(=O)[C@@H]2[C@H](C(=O)N(CC=C)c3ccc(OCC)cc3)[C@]3(C)CCC12S3. The lowest BCUT2D eigenvalue weighted by Crippen LogP contribution is -2.57. The Kier molecular flexibility index (Phi) is 11.5. The molecule has 1 N–H and O–H groups in total. The number of aliphatic hydroxyl groups is 1. The molecule has 1 aromatic rings. The average Bonchev–Trinajstić information content (AvgIpc) is 3.58. The third-order valence-electron chi connectivity index (χ3n) is 9.79. The van der Waals surface area contributed by atoms with Crippen molar-refractivity contribution in [2.24, 2.45) is 17.8 Å². The summed E-state index contributed by atoms with van der Waals surface area (Å²) < 4.78 is 4.36. The Balaban J connectivity index is 1.79. The van der Waals surface area contributed by atoms with Gasteiger partial charge in [0, 0.05) is 30.1 Å². The molecule has 3 fully saturated rings. The number of thioether (sulfide) groups is 1. The van der Waals surface area contributed by atoms with E-state index < -0.39 is 33.4 Å². The molecule has 1 aromatic carbocycles. The van der Waals surface area contributed by atoms with Gasteiger partial charge in [0.05, 0.1) is 35.8 Å². The van der Waals surface area contributed by atoms with Crippen molar-refractivity contribution in [1.82, 2.24) is 9.80 Å². The molecule has 3 amide bonds. The molecular formula is C36H53N3O5S. The number of ether oxygens (including phenoxy) is 1. The number of anilines is 1. The Morgan fingerprint density at radius 2 is 1.80 bits per heavy atom. The lowest BCUT2D eigenvalue weighted by Gasteiger charge is -2.40. The Morgan fingerprint density at radius 3 is 2.38 bits per heavy atom. The summed E-state index contributed by atoms with van der Waals surface area (Å²) in [7, 11) is 0. The summed E-state index contributed by atoms with van der Waals surface area (Å²) in [5.74, 6) is -0.763. The van der Waals surface area contributed by atoms with Crippen molar-refractivity contribution in [3.05, 3.63) is 49.6 Å². The standard InChI is InChI=1S/C36H53N3O5S/c1-8-12-13-22-37(20-9-2)34(43)31-36-19-18-35(7,45-36)29(30(36)33(42)39(31)27(24-40)23-25(5)6)32(41)38(21-10-3)26-14-16-28(17-15-26)44-11-4/h9-10,14-17,25,27,29-31,40H,2-3,8,11-13,18-24H2,1,4-7H3/t27-,29-,30+,31?,35+,36?/m1/s1. The molecule has 4 rings (SSSR count). The van der Waals surface area contributed by atoms with Crippen LogP contribution in [0.15, 0.2) is 49.6 Å². The smallest absolute Gasteiger partial charge is 0.247 e. The van der Waals surface area contributed by atoms with Crippen molar-refractivity contribution in [2.45, 2.75) is 94.7 Å². The van der Waals surface area contributed by atoms with Crippen LogP contribution < -0.4 is 9.64 Å². The van der Waals surface area contributed by atoms with Gasteiger partial charge in [-0.1, -0.05) is 45.8 Å². The minimum absolute atomic E-state index is 0.0941. The van der Waals surface area contributed by atoms with Gasteiger partial charge in [-0.25, -0.2) is 0 Å². The first-order valence-corrected chi connectivity index (χ1v) is 17.5. The van der Waals surface area contributed by atoms with Crippen LogP contribution in [0.25, 0.3) is 0 Å². The van der Waals surface area contributed by atoms with E-state index in [0.717, 1.165) is 31.4 Å². The fourth-order valence-electron chi connectivity index (χ4n) is 7.91. The van der Waals surface area contributed by atoms with Crippen molar-refractivity contribution in [2.75, 3.05) is 37.7 Å². The van der Waals surface area contributed by atoms with Gasteiger partial charge in [-0.05, 0) is 69.7 Å². The normalized spacial score (nSPS) is 27.4. The maximum atomic E-state index is 14.8. The topological polar surface area (TPSA) is 90.4 Å². The largest absolute Gasteiger partial charge is 0.494 e. The van der Waals surface area contributed by atoms with Crippen LogP contribution in [-0.2, 0) is 14.4 Å². The molecule has 2 bridgehead atoms. The van der Waals surface area contributed by atoms with E-state index in [9.17, 15) is 19.5 Å². The summed E-state index contributed by atoms with van der Waals surface area (Å²) in [6.07, 6.45) is 8.32. The summed E-state index contributed by atoms with van der Waals surface area (Å²) in [6.45, 7) is 19.7. The molecule has 9 heteroatoms. The first-order valence-electron chi connectivity index (χ1n) is 16.7. The van der Waals surface area contributed by atoms with Gasteiger partial charge in [0.25, 0.3) is 0 Å². The second kappa shape index (κ2) is 14.8. The molecule has 2 unspecified atom stereocenters. The first kappa shape index (κ1) is 35.1. The molecule has 3 aliphatic heterocycles. The number of amides is 3. The summed E-state index contributed by atoms with van der Waals surface area (Å²) in [5.41, 5.74) is 0.713. The van der Waals surface area contributed by atoms with Crippen LogP contribution in [-0.4, -0.2) is 87.1 Å². The van der Waals surface area contributed by atoms with E-state index in [1.54, 1.807) is 33.7 Å². The maximum absolute atomic E-state index is 14.8.